The molecule has 3 N–H and O–H groups in total. The van der Waals surface area contributed by atoms with Crippen LogP contribution in [0.3, 0.4) is 0 Å². The van der Waals surface area contributed by atoms with E-state index in [0.717, 1.165) is 0 Å². The van der Waals surface area contributed by atoms with E-state index in [2.05, 4.69) is 50.5 Å². The summed E-state index contributed by atoms with van der Waals surface area (Å²) in [5.74, 6) is 6.52. The molecule has 0 heterocycles. The van der Waals surface area contributed by atoms with E-state index in [1.54, 1.807) is 0 Å². The van der Waals surface area contributed by atoms with Crippen LogP contribution in [0.4, 0.5) is 0 Å². The third-order valence-corrected chi connectivity index (χ3v) is 4.91. The molecule has 0 amide bonds. The molecular weight excluding hydrogens is 244 g/mol. The van der Waals surface area contributed by atoms with Crippen molar-refractivity contribution in [1.82, 2.24) is 5.43 Å². The zero-order valence-electron chi connectivity index (χ0n) is 13.3. The SMILES string of the molecule is CCCc1ccc(C(NN)C2CCC(C)(C)CC2)cc1. The van der Waals surface area contributed by atoms with Gasteiger partial charge in [-0.2, -0.15) is 0 Å². The van der Waals surface area contributed by atoms with Crippen molar-refractivity contribution >= 4 is 0 Å². The first-order chi connectivity index (χ1) is 9.55. The second-order valence-electron chi connectivity index (χ2n) is 7.14. The summed E-state index contributed by atoms with van der Waals surface area (Å²) in [7, 11) is 0. The summed E-state index contributed by atoms with van der Waals surface area (Å²) in [6, 6.07) is 9.35. The lowest BCUT2D eigenvalue weighted by molar-refractivity contribution is 0.161. The van der Waals surface area contributed by atoms with Crippen molar-refractivity contribution in [3.05, 3.63) is 35.4 Å². The van der Waals surface area contributed by atoms with Crippen molar-refractivity contribution in [3.63, 3.8) is 0 Å². The Hall–Kier alpha value is -0.860. The van der Waals surface area contributed by atoms with E-state index in [9.17, 15) is 0 Å². The number of nitrogens with one attached hydrogen (secondary N) is 1. The lowest BCUT2D eigenvalue weighted by atomic mass is 9.70. The van der Waals surface area contributed by atoms with Crippen molar-refractivity contribution in [2.45, 2.75) is 65.3 Å². The van der Waals surface area contributed by atoms with Gasteiger partial charge in [0.15, 0.2) is 0 Å². The number of hydrazine groups is 1. The van der Waals surface area contributed by atoms with Crippen molar-refractivity contribution in [1.29, 1.82) is 0 Å². The highest BCUT2D eigenvalue weighted by Gasteiger charge is 2.31. The predicted octanol–water partition coefficient (Wildman–Crippen LogP) is 4.36. The maximum absolute atomic E-state index is 5.85. The van der Waals surface area contributed by atoms with Crippen molar-refractivity contribution in [3.8, 4) is 0 Å². The molecule has 1 aliphatic carbocycles. The molecule has 1 aliphatic rings. The third-order valence-electron chi connectivity index (χ3n) is 4.91. The molecule has 0 bridgehead atoms. The maximum atomic E-state index is 5.85. The predicted molar refractivity (Wildman–Crippen MR) is 86.2 cm³/mol. The summed E-state index contributed by atoms with van der Waals surface area (Å²) in [6.45, 7) is 6.99. The van der Waals surface area contributed by atoms with Gasteiger partial charge in [0.2, 0.25) is 0 Å². The second-order valence-corrected chi connectivity index (χ2v) is 7.14. The zero-order valence-corrected chi connectivity index (χ0v) is 13.3. The average Bonchev–Trinajstić information content (AvgIpc) is 2.43. The molecule has 1 unspecified atom stereocenters. The number of aryl methyl sites for hydroxylation is 1. The van der Waals surface area contributed by atoms with Crippen LogP contribution in [0.1, 0.15) is 70.0 Å². The van der Waals surface area contributed by atoms with Gasteiger partial charge in [0.1, 0.15) is 0 Å². The number of rotatable bonds is 5. The molecule has 1 aromatic rings. The average molecular weight is 274 g/mol. The van der Waals surface area contributed by atoms with Crippen LogP contribution < -0.4 is 11.3 Å². The van der Waals surface area contributed by atoms with Gasteiger partial charge < -0.3 is 0 Å². The number of hydrogen-bond donors (Lipinski definition) is 2. The fourth-order valence-corrected chi connectivity index (χ4v) is 3.44. The molecule has 0 aromatic heterocycles. The summed E-state index contributed by atoms with van der Waals surface area (Å²) < 4.78 is 0. The summed E-state index contributed by atoms with van der Waals surface area (Å²) >= 11 is 0. The van der Waals surface area contributed by atoms with E-state index in [1.807, 2.05) is 0 Å². The topological polar surface area (TPSA) is 38.0 Å². The lowest BCUT2D eigenvalue weighted by Crippen LogP contribution is -2.36. The Morgan fingerprint density at radius 1 is 1.20 bits per heavy atom. The van der Waals surface area contributed by atoms with Gasteiger partial charge >= 0.3 is 0 Å². The van der Waals surface area contributed by atoms with Crippen LogP contribution in [0.5, 0.6) is 0 Å². The van der Waals surface area contributed by atoms with Gasteiger partial charge in [0, 0.05) is 6.04 Å². The summed E-state index contributed by atoms with van der Waals surface area (Å²) in [6.07, 6.45) is 7.54. The Morgan fingerprint density at radius 2 is 1.80 bits per heavy atom. The number of hydrogen-bond acceptors (Lipinski definition) is 2. The van der Waals surface area contributed by atoms with Crippen LogP contribution in [-0.4, -0.2) is 0 Å². The highest BCUT2D eigenvalue weighted by molar-refractivity contribution is 5.25. The Balaban J connectivity index is 2.04. The first-order valence-electron chi connectivity index (χ1n) is 8.10. The number of benzene rings is 1. The molecular formula is C18H30N2. The fourth-order valence-electron chi connectivity index (χ4n) is 3.44. The fraction of sp³-hybridized carbons (Fsp3) is 0.667. The Morgan fingerprint density at radius 3 is 2.30 bits per heavy atom. The quantitative estimate of drug-likeness (QED) is 0.618. The molecule has 0 spiro atoms. The van der Waals surface area contributed by atoms with Crippen molar-refractivity contribution < 1.29 is 0 Å². The largest absolute Gasteiger partial charge is 0.271 e. The van der Waals surface area contributed by atoms with Crippen LogP contribution in [-0.2, 0) is 6.42 Å². The summed E-state index contributed by atoms with van der Waals surface area (Å²) in [5.41, 5.74) is 6.35. The Bertz CT molecular complexity index is 398. The molecule has 112 valence electrons. The van der Waals surface area contributed by atoms with Gasteiger partial charge in [-0.15, -0.1) is 0 Å². The molecule has 1 atom stereocenters. The minimum atomic E-state index is 0.307. The molecule has 1 aromatic carbocycles. The molecule has 20 heavy (non-hydrogen) atoms. The highest BCUT2D eigenvalue weighted by Crippen LogP contribution is 2.42. The first kappa shape index (κ1) is 15.5. The summed E-state index contributed by atoms with van der Waals surface area (Å²) in [5, 5.41) is 0. The third kappa shape index (κ3) is 3.83. The minimum absolute atomic E-state index is 0.307. The number of nitrogens with two attached hydrogens (primary N) is 1. The van der Waals surface area contributed by atoms with Gasteiger partial charge in [0.25, 0.3) is 0 Å². The van der Waals surface area contributed by atoms with Crippen LogP contribution in [0.15, 0.2) is 24.3 Å². The molecule has 0 saturated heterocycles. The van der Waals surface area contributed by atoms with Crippen molar-refractivity contribution in [2.24, 2.45) is 17.2 Å². The molecule has 1 fully saturated rings. The van der Waals surface area contributed by atoms with E-state index in [-0.39, 0.29) is 0 Å². The molecule has 0 radical (unpaired) electrons. The molecule has 0 aliphatic heterocycles. The molecule has 2 heteroatoms. The lowest BCUT2D eigenvalue weighted by Gasteiger charge is -2.38. The van der Waals surface area contributed by atoms with E-state index in [1.165, 1.54) is 49.7 Å². The van der Waals surface area contributed by atoms with Gasteiger partial charge in [-0.05, 0) is 54.6 Å². The molecule has 2 rings (SSSR count). The van der Waals surface area contributed by atoms with Gasteiger partial charge in [-0.3, -0.25) is 11.3 Å². The normalized spacial score (nSPS) is 20.8. The smallest absolute Gasteiger partial charge is 0.0488 e. The zero-order chi connectivity index (χ0) is 14.6. The second kappa shape index (κ2) is 6.73. The monoisotopic (exact) mass is 274 g/mol. The van der Waals surface area contributed by atoms with Crippen LogP contribution in [0, 0.1) is 11.3 Å². The van der Waals surface area contributed by atoms with Gasteiger partial charge in [-0.1, -0.05) is 51.5 Å². The van der Waals surface area contributed by atoms with E-state index >= 15 is 0 Å². The molecule has 1 saturated carbocycles. The standard InChI is InChI=1S/C18H30N2/c1-4-5-14-6-8-15(9-7-14)17(20-19)16-10-12-18(2,3)13-11-16/h6-9,16-17,20H,4-5,10-13,19H2,1-3H3. The van der Waals surface area contributed by atoms with E-state index in [4.69, 9.17) is 5.84 Å². The Kier molecular flexibility index (Phi) is 5.22. The van der Waals surface area contributed by atoms with E-state index in [0.29, 0.717) is 17.4 Å². The first-order valence-corrected chi connectivity index (χ1v) is 8.10. The van der Waals surface area contributed by atoms with Gasteiger partial charge in [-0.25, -0.2) is 0 Å². The maximum Gasteiger partial charge on any atom is 0.0488 e. The van der Waals surface area contributed by atoms with E-state index < -0.39 is 0 Å². The molecule has 2 nitrogen and oxygen atoms in total. The highest BCUT2D eigenvalue weighted by atomic mass is 15.2. The Labute approximate surface area is 124 Å². The van der Waals surface area contributed by atoms with Crippen LogP contribution >= 0.6 is 0 Å². The van der Waals surface area contributed by atoms with Crippen LogP contribution in [0.25, 0.3) is 0 Å². The minimum Gasteiger partial charge on any atom is -0.271 e. The summed E-state index contributed by atoms with van der Waals surface area (Å²) in [4.78, 5) is 0. The van der Waals surface area contributed by atoms with Crippen LogP contribution in [0.2, 0.25) is 0 Å². The van der Waals surface area contributed by atoms with Crippen molar-refractivity contribution in [2.75, 3.05) is 0 Å². The van der Waals surface area contributed by atoms with Gasteiger partial charge in [0.05, 0.1) is 0 Å².